The molecule has 1 unspecified atom stereocenters. The number of hydrogen-bond acceptors (Lipinski definition) is 6. The number of carbonyl (C=O) groups excluding carboxylic acids is 1. The van der Waals surface area contributed by atoms with E-state index in [-0.39, 0.29) is 0 Å². The number of nitrogens with zero attached hydrogens (tertiary/aromatic N) is 1. The molecular formula is C9H11FN2O5S. The van der Waals surface area contributed by atoms with E-state index in [2.05, 4.69) is 9.72 Å². The summed E-state index contributed by atoms with van der Waals surface area (Å²) in [6.45, 7) is -0.578. The number of aliphatic hydroxyl groups excluding tert-OH is 1. The first kappa shape index (κ1) is 14.5. The van der Waals surface area contributed by atoms with Crippen molar-refractivity contribution in [1.82, 2.24) is 9.71 Å². The maximum absolute atomic E-state index is 12.8. The fraction of sp³-hybridized carbons (Fsp3) is 0.333. The summed E-state index contributed by atoms with van der Waals surface area (Å²) in [4.78, 5) is 13.8. The third-order valence-corrected chi connectivity index (χ3v) is 3.32. The summed E-state index contributed by atoms with van der Waals surface area (Å²) >= 11 is 0. The van der Waals surface area contributed by atoms with Crippen LogP contribution in [0.1, 0.15) is 0 Å². The molecule has 1 rings (SSSR count). The Balaban J connectivity index is 2.75. The predicted octanol–water partition coefficient (Wildman–Crippen LogP) is -0.967. The van der Waals surface area contributed by atoms with Crippen LogP contribution in [-0.2, 0) is 19.6 Å². The number of aliphatic hydroxyl groups is 1. The van der Waals surface area contributed by atoms with E-state index in [9.17, 15) is 22.7 Å². The third-order valence-electron chi connectivity index (χ3n) is 1.93. The molecule has 0 aliphatic heterocycles. The first-order chi connectivity index (χ1) is 8.36. The number of carbonyl (C=O) groups is 1. The minimum atomic E-state index is -4.04. The molecule has 1 atom stereocenters. The first-order valence-corrected chi connectivity index (χ1v) is 6.21. The second-order valence-electron chi connectivity index (χ2n) is 3.23. The summed E-state index contributed by atoms with van der Waals surface area (Å²) in [6, 6.07) is 0.764. The molecule has 0 radical (unpaired) electrons. The minimum absolute atomic E-state index is 0.403. The van der Waals surface area contributed by atoms with Crippen LogP contribution in [-0.4, -0.2) is 44.2 Å². The Morgan fingerprint density at radius 1 is 1.61 bits per heavy atom. The van der Waals surface area contributed by atoms with Crippen LogP contribution in [0.4, 0.5) is 4.39 Å². The van der Waals surface area contributed by atoms with E-state index in [1.807, 2.05) is 4.72 Å². The van der Waals surface area contributed by atoms with Crippen LogP contribution in [0.25, 0.3) is 0 Å². The highest BCUT2D eigenvalue weighted by Gasteiger charge is 2.21. The van der Waals surface area contributed by atoms with Crippen LogP contribution >= 0.6 is 0 Å². The summed E-state index contributed by atoms with van der Waals surface area (Å²) in [7, 11) is -2.99. The summed E-state index contributed by atoms with van der Waals surface area (Å²) in [6.07, 6.45) is 0.157. The van der Waals surface area contributed by atoms with Gasteiger partial charge in [0.15, 0.2) is 6.10 Å². The van der Waals surface area contributed by atoms with Crippen molar-refractivity contribution in [2.75, 3.05) is 13.7 Å². The molecule has 0 fully saturated rings. The minimum Gasteiger partial charge on any atom is -0.467 e. The summed E-state index contributed by atoms with van der Waals surface area (Å²) in [5.74, 6) is -1.79. The molecule has 0 bridgehead atoms. The predicted molar refractivity (Wildman–Crippen MR) is 57.4 cm³/mol. The number of hydrogen-bond donors (Lipinski definition) is 2. The molecule has 1 aromatic heterocycles. The van der Waals surface area contributed by atoms with Gasteiger partial charge in [-0.05, 0) is 6.07 Å². The molecule has 9 heteroatoms. The zero-order valence-electron chi connectivity index (χ0n) is 9.33. The van der Waals surface area contributed by atoms with E-state index in [0.717, 1.165) is 25.6 Å². The molecule has 1 aromatic rings. The highest BCUT2D eigenvalue weighted by atomic mass is 32.2. The Labute approximate surface area is 103 Å². The second-order valence-corrected chi connectivity index (χ2v) is 5.00. The van der Waals surface area contributed by atoms with Crippen molar-refractivity contribution in [1.29, 1.82) is 0 Å². The van der Waals surface area contributed by atoms with Crippen LogP contribution < -0.4 is 4.72 Å². The van der Waals surface area contributed by atoms with Gasteiger partial charge in [0, 0.05) is 12.7 Å². The molecule has 100 valence electrons. The van der Waals surface area contributed by atoms with Crippen LogP contribution in [0, 0.1) is 5.82 Å². The Bertz CT molecular complexity index is 534. The van der Waals surface area contributed by atoms with Gasteiger partial charge in [0.25, 0.3) is 0 Å². The number of sulfonamides is 1. The number of nitrogens with one attached hydrogen (secondary N) is 1. The Hall–Kier alpha value is -1.58. The molecular weight excluding hydrogens is 267 g/mol. The largest absolute Gasteiger partial charge is 0.467 e. The van der Waals surface area contributed by atoms with E-state index < -0.39 is 39.4 Å². The van der Waals surface area contributed by atoms with Crippen molar-refractivity contribution in [2.24, 2.45) is 0 Å². The normalized spacial score (nSPS) is 13.1. The van der Waals surface area contributed by atoms with Crippen LogP contribution in [0.2, 0.25) is 0 Å². The molecule has 1 heterocycles. The number of methoxy groups -OCH3 is 1. The lowest BCUT2D eigenvalue weighted by atomic mass is 10.4. The van der Waals surface area contributed by atoms with Crippen molar-refractivity contribution >= 4 is 16.0 Å². The van der Waals surface area contributed by atoms with Gasteiger partial charge in [0.05, 0.1) is 13.3 Å². The molecule has 0 aromatic carbocycles. The van der Waals surface area contributed by atoms with Gasteiger partial charge in [-0.3, -0.25) is 4.98 Å². The molecule has 0 amide bonds. The van der Waals surface area contributed by atoms with Gasteiger partial charge in [0.2, 0.25) is 10.0 Å². The molecule has 0 aliphatic carbocycles. The van der Waals surface area contributed by atoms with Crippen molar-refractivity contribution in [3.05, 3.63) is 24.3 Å². The van der Waals surface area contributed by atoms with Crippen molar-refractivity contribution < 1.29 is 27.4 Å². The van der Waals surface area contributed by atoms with Gasteiger partial charge < -0.3 is 9.84 Å². The number of halogens is 1. The number of pyridine rings is 1. The lowest BCUT2D eigenvalue weighted by Gasteiger charge is -2.10. The molecule has 0 saturated heterocycles. The second kappa shape index (κ2) is 5.85. The number of esters is 1. The van der Waals surface area contributed by atoms with E-state index in [0.29, 0.717) is 0 Å². The van der Waals surface area contributed by atoms with Crippen LogP contribution in [0.5, 0.6) is 0 Å². The van der Waals surface area contributed by atoms with E-state index in [4.69, 9.17) is 0 Å². The van der Waals surface area contributed by atoms with Crippen molar-refractivity contribution in [2.45, 2.75) is 11.0 Å². The van der Waals surface area contributed by atoms with Crippen LogP contribution in [0.3, 0.4) is 0 Å². The van der Waals surface area contributed by atoms with Crippen molar-refractivity contribution in [3.63, 3.8) is 0 Å². The fourth-order valence-electron chi connectivity index (χ4n) is 1.03. The Morgan fingerprint density at radius 3 is 2.83 bits per heavy atom. The van der Waals surface area contributed by atoms with Gasteiger partial charge in [0.1, 0.15) is 10.7 Å². The molecule has 0 aliphatic rings. The van der Waals surface area contributed by atoms with Gasteiger partial charge in [-0.15, -0.1) is 0 Å². The monoisotopic (exact) mass is 278 g/mol. The average Bonchev–Trinajstić information content (AvgIpc) is 2.35. The first-order valence-electron chi connectivity index (χ1n) is 4.73. The van der Waals surface area contributed by atoms with E-state index >= 15 is 0 Å². The van der Waals surface area contributed by atoms with Gasteiger partial charge in [-0.25, -0.2) is 22.3 Å². The van der Waals surface area contributed by atoms with Gasteiger partial charge in [-0.2, -0.15) is 0 Å². The highest BCUT2D eigenvalue weighted by molar-refractivity contribution is 7.89. The Kier molecular flexibility index (Phi) is 4.70. The topological polar surface area (TPSA) is 106 Å². The maximum atomic E-state index is 12.8. The molecule has 0 spiro atoms. The van der Waals surface area contributed by atoms with E-state index in [1.165, 1.54) is 0 Å². The number of ether oxygens (including phenoxy) is 1. The summed E-state index contributed by atoms with van der Waals surface area (Å²) in [5, 5.41) is 9.19. The SMILES string of the molecule is COC(=O)C(O)CNS(=O)(=O)c1cncc(F)c1. The molecule has 0 saturated carbocycles. The fourth-order valence-corrected chi connectivity index (χ4v) is 2.04. The lowest BCUT2D eigenvalue weighted by Crippen LogP contribution is -2.37. The summed E-state index contributed by atoms with van der Waals surface area (Å²) < 4.78 is 42.2. The number of aromatic nitrogens is 1. The average molecular weight is 278 g/mol. The maximum Gasteiger partial charge on any atom is 0.336 e. The van der Waals surface area contributed by atoms with E-state index in [1.54, 1.807) is 0 Å². The Morgan fingerprint density at radius 2 is 2.28 bits per heavy atom. The van der Waals surface area contributed by atoms with Gasteiger partial charge >= 0.3 is 5.97 Å². The lowest BCUT2D eigenvalue weighted by molar-refractivity contribution is -0.149. The molecule has 2 N–H and O–H groups in total. The highest BCUT2D eigenvalue weighted by Crippen LogP contribution is 2.08. The zero-order chi connectivity index (χ0) is 13.8. The smallest absolute Gasteiger partial charge is 0.336 e. The van der Waals surface area contributed by atoms with Crippen molar-refractivity contribution in [3.8, 4) is 0 Å². The zero-order valence-corrected chi connectivity index (χ0v) is 10.1. The van der Waals surface area contributed by atoms with Gasteiger partial charge in [-0.1, -0.05) is 0 Å². The quantitative estimate of drug-likeness (QED) is 0.671. The standard InChI is InChI=1S/C9H11FN2O5S/c1-17-9(14)8(13)5-12-18(15,16)7-2-6(10)3-11-4-7/h2-4,8,12-13H,5H2,1H3. The third kappa shape index (κ3) is 3.72. The number of rotatable bonds is 5. The molecule has 7 nitrogen and oxygen atoms in total. The van der Waals surface area contributed by atoms with Crippen LogP contribution in [0.15, 0.2) is 23.4 Å². The molecule has 18 heavy (non-hydrogen) atoms. The summed E-state index contributed by atoms with van der Waals surface area (Å²) in [5.41, 5.74) is 0.